The molecule has 0 amide bonds. The van der Waals surface area contributed by atoms with Crippen molar-refractivity contribution in [3.63, 3.8) is 0 Å². The van der Waals surface area contributed by atoms with Crippen LogP contribution in [0.1, 0.15) is 45.3 Å². The average Bonchev–Trinajstić information content (AvgIpc) is 2.48. The van der Waals surface area contributed by atoms with Gasteiger partial charge in [-0.15, -0.1) is 0 Å². The van der Waals surface area contributed by atoms with Crippen LogP contribution in [-0.2, 0) is 0 Å². The maximum Gasteiger partial charge on any atom is 0.0599 e. The molecule has 4 heteroatoms. The summed E-state index contributed by atoms with van der Waals surface area (Å²) in [5.74, 6) is 0.327. The third-order valence-electron chi connectivity index (χ3n) is 4.14. The van der Waals surface area contributed by atoms with E-state index in [4.69, 9.17) is 0 Å². The molecule has 1 saturated heterocycles. The highest BCUT2D eigenvalue weighted by Crippen LogP contribution is 2.23. The zero-order chi connectivity index (χ0) is 14.5. The Balaban J connectivity index is 1.97. The molecule has 0 bridgehead atoms. The van der Waals surface area contributed by atoms with Crippen LogP contribution in [0, 0.1) is 5.92 Å². The summed E-state index contributed by atoms with van der Waals surface area (Å²) in [7, 11) is 0. The molecule has 0 saturated carbocycles. The lowest BCUT2D eigenvalue weighted by atomic mass is 9.96. The largest absolute Gasteiger partial charge is 0.393 e. The van der Waals surface area contributed by atoms with Crippen LogP contribution in [0.15, 0.2) is 18.3 Å². The quantitative estimate of drug-likeness (QED) is 0.867. The molecule has 0 radical (unpaired) electrons. The Hall–Kier alpha value is -1.13. The van der Waals surface area contributed by atoms with Gasteiger partial charge in [0.25, 0.3) is 0 Å². The first-order valence-corrected chi connectivity index (χ1v) is 7.74. The molecule has 1 aliphatic heterocycles. The molecule has 3 atom stereocenters. The fourth-order valence-corrected chi connectivity index (χ4v) is 2.67. The number of aliphatic hydroxyl groups excluding tert-OH is 1. The number of hydrogen-bond donors (Lipinski definition) is 2. The Kier molecular flexibility index (Phi) is 5.38. The lowest BCUT2D eigenvalue weighted by Gasteiger charge is -2.35. The van der Waals surface area contributed by atoms with Crippen molar-refractivity contribution in [3.05, 3.63) is 24.0 Å². The first-order chi connectivity index (χ1) is 9.61. The molecule has 112 valence electrons. The van der Waals surface area contributed by atoms with Gasteiger partial charge in [0.1, 0.15) is 0 Å². The third-order valence-corrected chi connectivity index (χ3v) is 4.14. The molecule has 0 aromatic carbocycles. The normalized spacial score (nSPS) is 24.7. The summed E-state index contributed by atoms with van der Waals surface area (Å²) in [5, 5.41) is 13.2. The van der Waals surface area contributed by atoms with Crippen molar-refractivity contribution in [2.24, 2.45) is 5.92 Å². The van der Waals surface area contributed by atoms with Gasteiger partial charge < -0.3 is 15.3 Å². The first-order valence-electron chi connectivity index (χ1n) is 7.74. The summed E-state index contributed by atoms with van der Waals surface area (Å²) >= 11 is 0. The second-order valence-corrected chi connectivity index (χ2v) is 5.90. The first kappa shape index (κ1) is 15.3. The van der Waals surface area contributed by atoms with Crippen LogP contribution >= 0.6 is 0 Å². The van der Waals surface area contributed by atoms with E-state index >= 15 is 0 Å². The summed E-state index contributed by atoms with van der Waals surface area (Å²) in [6.45, 7) is 9.27. The Labute approximate surface area is 122 Å². The number of nitrogens with zero attached hydrogens (tertiary/aromatic N) is 2. The molecule has 0 aliphatic carbocycles. The van der Waals surface area contributed by atoms with Gasteiger partial charge in [0.2, 0.25) is 0 Å². The summed E-state index contributed by atoms with van der Waals surface area (Å²) in [6.07, 6.45) is 3.79. The topological polar surface area (TPSA) is 48.4 Å². The van der Waals surface area contributed by atoms with Crippen molar-refractivity contribution >= 4 is 5.69 Å². The number of hydrogen-bond acceptors (Lipinski definition) is 4. The van der Waals surface area contributed by atoms with E-state index in [-0.39, 0.29) is 6.10 Å². The Bertz CT molecular complexity index is 407. The van der Waals surface area contributed by atoms with Gasteiger partial charge in [-0.05, 0) is 44.4 Å². The van der Waals surface area contributed by atoms with Crippen molar-refractivity contribution in [2.45, 2.75) is 45.8 Å². The highest BCUT2D eigenvalue weighted by molar-refractivity contribution is 5.45. The second-order valence-electron chi connectivity index (χ2n) is 5.90. The number of anilines is 1. The molecule has 0 spiro atoms. The van der Waals surface area contributed by atoms with E-state index in [0.29, 0.717) is 12.0 Å². The number of aliphatic hydroxyl groups is 1. The Morgan fingerprint density at radius 3 is 2.90 bits per heavy atom. The average molecular weight is 277 g/mol. The highest BCUT2D eigenvalue weighted by Gasteiger charge is 2.24. The fraction of sp³-hybridized carbons (Fsp3) is 0.688. The molecule has 2 heterocycles. The van der Waals surface area contributed by atoms with Crippen molar-refractivity contribution in [1.82, 2.24) is 10.3 Å². The van der Waals surface area contributed by atoms with Gasteiger partial charge in [0, 0.05) is 19.1 Å². The van der Waals surface area contributed by atoms with Crippen molar-refractivity contribution in [1.29, 1.82) is 0 Å². The summed E-state index contributed by atoms with van der Waals surface area (Å²) < 4.78 is 0. The Morgan fingerprint density at radius 2 is 2.30 bits per heavy atom. The highest BCUT2D eigenvalue weighted by atomic mass is 16.3. The summed E-state index contributed by atoms with van der Waals surface area (Å²) in [5.41, 5.74) is 2.25. The predicted molar refractivity (Wildman–Crippen MR) is 82.9 cm³/mol. The van der Waals surface area contributed by atoms with E-state index < -0.39 is 0 Å². The molecular weight excluding hydrogens is 250 g/mol. The van der Waals surface area contributed by atoms with E-state index in [1.807, 2.05) is 6.20 Å². The van der Waals surface area contributed by atoms with Gasteiger partial charge in [-0.25, -0.2) is 0 Å². The molecule has 2 N–H and O–H groups in total. The smallest absolute Gasteiger partial charge is 0.0599 e. The van der Waals surface area contributed by atoms with E-state index in [9.17, 15) is 5.11 Å². The summed E-state index contributed by atoms with van der Waals surface area (Å²) in [6, 6.07) is 4.56. The molecule has 3 unspecified atom stereocenters. The van der Waals surface area contributed by atoms with Gasteiger partial charge >= 0.3 is 0 Å². The number of aromatic nitrogens is 1. The zero-order valence-corrected chi connectivity index (χ0v) is 12.8. The lowest BCUT2D eigenvalue weighted by Crippen LogP contribution is -2.42. The molecule has 4 nitrogen and oxygen atoms in total. The predicted octanol–water partition coefficient (Wildman–Crippen LogP) is 2.35. The zero-order valence-electron chi connectivity index (χ0n) is 12.8. The van der Waals surface area contributed by atoms with Crippen LogP contribution in [0.4, 0.5) is 5.69 Å². The number of piperidine rings is 1. The van der Waals surface area contributed by atoms with Crippen LogP contribution in [-0.4, -0.2) is 35.8 Å². The van der Waals surface area contributed by atoms with Gasteiger partial charge in [-0.1, -0.05) is 13.8 Å². The maximum atomic E-state index is 9.79. The standard InChI is InChI=1S/C16H27N3O/c1-4-8-17-13(3)15-6-5-14(10-18-15)19-9-7-16(20)12(2)11-19/h5-6,10,12-13,16-17,20H,4,7-9,11H2,1-3H3. The maximum absolute atomic E-state index is 9.79. The molecule has 1 fully saturated rings. The minimum Gasteiger partial charge on any atom is -0.393 e. The minimum atomic E-state index is -0.156. The number of rotatable bonds is 5. The van der Waals surface area contributed by atoms with Gasteiger partial charge in [-0.3, -0.25) is 4.98 Å². The Morgan fingerprint density at radius 1 is 1.50 bits per heavy atom. The van der Waals surface area contributed by atoms with E-state index in [1.165, 1.54) is 0 Å². The lowest BCUT2D eigenvalue weighted by molar-refractivity contribution is 0.0971. The van der Waals surface area contributed by atoms with Crippen LogP contribution in [0.5, 0.6) is 0 Å². The van der Waals surface area contributed by atoms with Crippen LogP contribution < -0.4 is 10.2 Å². The number of pyridine rings is 1. The van der Waals surface area contributed by atoms with Crippen molar-refractivity contribution < 1.29 is 5.11 Å². The van der Waals surface area contributed by atoms with E-state index in [1.54, 1.807) is 0 Å². The van der Waals surface area contributed by atoms with Crippen molar-refractivity contribution in [2.75, 3.05) is 24.5 Å². The monoisotopic (exact) mass is 277 g/mol. The second kappa shape index (κ2) is 7.04. The summed E-state index contributed by atoms with van der Waals surface area (Å²) in [4.78, 5) is 6.90. The van der Waals surface area contributed by atoms with Crippen LogP contribution in [0.3, 0.4) is 0 Å². The molecular formula is C16H27N3O. The van der Waals surface area contributed by atoms with E-state index in [2.05, 4.69) is 48.1 Å². The van der Waals surface area contributed by atoms with E-state index in [0.717, 1.165) is 43.9 Å². The molecule has 20 heavy (non-hydrogen) atoms. The van der Waals surface area contributed by atoms with Crippen LogP contribution in [0.2, 0.25) is 0 Å². The molecule has 2 rings (SSSR count). The minimum absolute atomic E-state index is 0.156. The fourth-order valence-electron chi connectivity index (χ4n) is 2.67. The van der Waals surface area contributed by atoms with Gasteiger partial charge in [-0.2, -0.15) is 0 Å². The SMILES string of the molecule is CCCNC(C)c1ccc(N2CCC(O)C(C)C2)cn1. The molecule has 1 aliphatic rings. The van der Waals surface area contributed by atoms with Crippen molar-refractivity contribution in [3.8, 4) is 0 Å². The third kappa shape index (κ3) is 3.70. The van der Waals surface area contributed by atoms with Gasteiger partial charge in [0.05, 0.1) is 23.7 Å². The molecule has 1 aromatic heterocycles. The van der Waals surface area contributed by atoms with Crippen LogP contribution in [0.25, 0.3) is 0 Å². The van der Waals surface area contributed by atoms with Gasteiger partial charge in [0.15, 0.2) is 0 Å². The number of nitrogens with one attached hydrogen (secondary N) is 1. The molecule has 1 aromatic rings.